The second kappa shape index (κ2) is 10.4. The van der Waals surface area contributed by atoms with Gasteiger partial charge in [0.25, 0.3) is 0 Å². The number of carbonyl (C=O) groups excluding carboxylic acids is 1. The molecule has 2 aromatic heterocycles. The number of benzene rings is 2. The van der Waals surface area contributed by atoms with Gasteiger partial charge in [-0.2, -0.15) is 0 Å². The molecule has 0 bridgehead atoms. The third-order valence-electron chi connectivity index (χ3n) is 5.44. The van der Waals surface area contributed by atoms with Crippen molar-refractivity contribution < 1.29 is 13.9 Å². The lowest BCUT2D eigenvalue weighted by molar-refractivity contribution is -0.116. The predicted molar refractivity (Wildman–Crippen MR) is 138 cm³/mol. The first-order chi connectivity index (χ1) is 16.8. The fraction of sp³-hybridized carbons (Fsp3) is 0.250. The average molecular weight is 515 g/mol. The molecule has 0 aliphatic heterocycles. The van der Waals surface area contributed by atoms with Crippen LogP contribution in [0.4, 0.5) is 21.6 Å². The molecule has 182 valence electrons. The summed E-state index contributed by atoms with van der Waals surface area (Å²) in [4.78, 5) is 21.6. The number of imidazole rings is 1. The zero-order valence-electron chi connectivity index (χ0n) is 19.4. The minimum Gasteiger partial charge on any atom is -0.492 e. The van der Waals surface area contributed by atoms with Crippen molar-refractivity contribution in [2.45, 2.75) is 26.8 Å². The summed E-state index contributed by atoms with van der Waals surface area (Å²) in [6, 6.07) is 7.78. The summed E-state index contributed by atoms with van der Waals surface area (Å²) < 4.78 is 23.5. The quantitative estimate of drug-likeness (QED) is 0.296. The van der Waals surface area contributed by atoms with Crippen molar-refractivity contribution in [1.82, 2.24) is 19.1 Å². The van der Waals surface area contributed by atoms with E-state index in [9.17, 15) is 9.18 Å². The normalized spacial score (nSPS) is 11.0. The minimum atomic E-state index is -0.513. The van der Waals surface area contributed by atoms with Crippen LogP contribution in [0.2, 0.25) is 5.02 Å². The molecule has 4 aromatic rings. The Morgan fingerprint density at radius 2 is 2.03 bits per heavy atom. The van der Waals surface area contributed by atoms with Gasteiger partial charge in [0, 0.05) is 36.1 Å². The van der Waals surface area contributed by atoms with E-state index in [0.717, 1.165) is 12.1 Å². The molecule has 8 nitrogen and oxygen atoms in total. The number of amides is 1. The van der Waals surface area contributed by atoms with Crippen LogP contribution >= 0.6 is 23.8 Å². The van der Waals surface area contributed by atoms with Gasteiger partial charge >= 0.3 is 0 Å². The first-order valence-electron chi connectivity index (χ1n) is 11.0. The molecule has 0 unspecified atom stereocenters. The Balaban J connectivity index is 1.67. The number of anilines is 3. The summed E-state index contributed by atoms with van der Waals surface area (Å²) in [7, 11) is 1.88. The van der Waals surface area contributed by atoms with Crippen LogP contribution in [0.5, 0.6) is 5.75 Å². The van der Waals surface area contributed by atoms with Crippen LogP contribution in [0.1, 0.15) is 19.5 Å². The van der Waals surface area contributed by atoms with Gasteiger partial charge in [0.05, 0.1) is 22.8 Å². The third kappa shape index (κ3) is 5.28. The van der Waals surface area contributed by atoms with E-state index in [-0.39, 0.29) is 17.5 Å². The molecule has 2 heterocycles. The van der Waals surface area contributed by atoms with Gasteiger partial charge in [-0.1, -0.05) is 18.5 Å². The highest BCUT2D eigenvalue weighted by Gasteiger charge is 2.15. The molecule has 0 fully saturated rings. The largest absolute Gasteiger partial charge is 0.492 e. The third-order valence-corrected chi connectivity index (χ3v) is 6.24. The number of rotatable bonds is 8. The van der Waals surface area contributed by atoms with Crippen molar-refractivity contribution >= 4 is 57.8 Å². The summed E-state index contributed by atoms with van der Waals surface area (Å²) in [5, 5.41) is 6.68. The molecule has 0 aliphatic rings. The van der Waals surface area contributed by atoms with Crippen molar-refractivity contribution in [2.75, 3.05) is 17.2 Å². The van der Waals surface area contributed by atoms with E-state index in [1.54, 1.807) is 22.8 Å². The highest BCUT2D eigenvalue weighted by molar-refractivity contribution is 7.71. The summed E-state index contributed by atoms with van der Waals surface area (Å²) in [5.74, 6) is 0.176. The molecule has 2 N–H and O–H groups in total. The van der Waals surface area contributed by atoms with Crippen molar-refractivity contribution in [3.63, 3.8) is 0 Å². The van der Waals surface area contributed by atoms with Gasteiger partial charge in [-0.25, -0.2) is 14.4 Å². The molecule has 0 radical (unpaired) electrons. The number of ether oxygens (including phenoxy) is 1. The van der Waals surface area contributed by atoms with E-state index < -0.39 is 5.82 Å². The Hall–Kier alpha value is -3.50. The van der Waals surface area contributed by atoms with Gasteiger partial charge < -0.3 is 24.5 Å². The van der Waals surface area contributed by atoms with Crippen LogP contribution < -0.4 is 15.4 Å². The number of aryl methyl sites for hydroxylation is 1. The number of nitrogens with zero attached hydrogens (tertiary/aromatic N) is 4. The molecule has 2 aromatic carbocycles. The van der Waals surface area contributed by atoms with Gasteiger partial charge in [0.1, 0.15) is 30.3 Å². The maximum Gasteiger partial charge on any atom is 0.244 e. The molecular formula is C24H24ClFN6O2S. The van der Waals surface area contributed by atoms with E-state index in [1.165, 1.54) is 18.5 Å². The second-order valence-electron chi connectivity index (χ2n) is 7.77. The fourth-order valence-corrected chi connectivity index (χ4v) is 4.11. The Labute approximate surface area is 211 Å². The lowest BCUT2D eigenvalue weighted by atomic mass is 10.1. The highest BCUT2D eigenvalue weighted by Crippen LogP contribution is 2.34. The van der Waals surface area contributed by atoms with Gasteiger partial charge in [-0.3, -0.25) is 4.79 Å². The van der Waals surface area contributed by atoms with Gasteiger partial charge in [0.15, 0.2) is 4.77 Å². The fourth-order valence-electron chi connectivity index (χ4n) is 3.69. The number of hydrogen-bond donors (Lipinski definition) is 2. The molecule has 4 rings (SSSR count). The zero-order chi connectivity index (χ0) is 25.1. The minimum absolute atomic E-state index is 0.00861. The van der Waals surface area contributed by atoms with E-state index in [1.807, 2.05) is 31.7 Å². The summed E-state index contributed by atoms with van der Waals surface area (Å²) in [5.41, 5.74) is 2.67. The van der Waals surface area contributed by atoms with E-state index in [0.29, 0.717) is 45.2 Å². The van der Waals surface area contributed by atoms with E-state index in [4.69, 9.17) is 28.6 Å². The molecular weight excluding hydrogens is 491 g/mol. The number of aromatic nitrogens is 4. The standard InChI is InChI=1S/C24H24ClFN6O2S/c1-4-15-11-32(24(35)31(15)3)12-22(33)30-20-9-16-19(10-21(20)34-5-2)27-13-28-23(16)29-14-6-7-18(26)17(25)8-14/h6-11,13H,4-5,12H2,1-3H3,(H,30,33)(H,27,28,29). The molecule has 35 heavy (non-hydrogen) atoms. The van der Waals surface area contributed by atoms with Crippen molar-refractivity contribution in [1.29, 1.82) is 0 Å². The Bertz CT molecular complexity index is 1470. The number of nitrogens with one attached hydrogen (secondary N) is 2. The number of halogens is 2. The van der Waals surface area contributed by atoms with Gasteiger partial charge in [-0.15, -0.1) is 0 Å². The molecule has 11 heteroatoms. The van der Waals surface area contributed by atoms with Crippen LogP contribution in [-0.4, -0.2) is 31.6 Å². The lowest BCUT2D eigenvalue weighted by Crippen LogP contribution is -2.19. The summed E-state index contributed by atoms with van der Waals surface area (Å²) in [6.07, 6.45) is 4.10. The van der Waals surface area contributed by atoms with Crippen molar-refractivity contribution in [3.8, 4) is 5.75 Å². The Morgan fingerprint density at radius 3 is 2.71 bits per heavy atom. The van der Waals surface area contributed by atoms with E-state index in [2.05, 4.69) is 20.6 Å². The average Bonchev–Trinajstić information content (AvgIpc) is 3.10. The number of hydrogen-bond acceptors (Lipinski definition) is 6. The van der Waals surface area contributed by atoms with E-state index >= 15 is 0 Å². The topological polar surface area (TPSA) is 86.0 Å². The van der Waals surface area contributed by atoms with Crippen LogP contribution in [0, 0.1) is 10.6 Å². The van der Waals surface area contributed by atoms with Gasteiger partial charge in [-0.05, 0) is 49.8 Å². The van der Waals surface area contributed by atoms with Crippen LogP contribution in [0.15, 0.2) is 42.9 Å². The smallest absolute Gasteiger partial charge is 0.244 e. The molecule has 0 atom stereocenters. The summed E-state index contributed by atoms with van der Waals surface area (Å²) in [6.45, 7) is 4.35. The molecule has 1 amide bonds. The van der Waals surface area contributed by atoms with Gasteiger partial charge in [0.2, 0.25) is 5.91 Å². The monoisotopic (exact) mass is 514 g/mol. The number of carbonyl (C=O) groups is 1. The maximum absolute atomic E-state index is 13.6. The number of fused-ring (bicyclic) bond motifs is 1. The van der Waals surface area contributed by atoms with Crippen molar-refractivity contribution in [3.05, 3.63) is 64.2 Å². The zero-order valence-corrected chi connectivity index (χ0v) is 21.0. The summed E-state index contributed by atoms with van der Waals surface area (Å²) >= 11 is 11.4. The van der Waals surface area contributed by atoms with Crippen LogP contribution in [0.3, 0.4) is 0 Å². The SMILES string of the molecule is CCOc1cc2ncnc(Nc3ccc(F)c(Cl)c3)c2cc1NC(=O)Cn1cc(CC)n(C)c1=S. The lowest BCUT2D eigenvalue weighted by Gasteiger charge is -2.15. The first kappa shape index (κ1) is 24.6. The molecule has 0 saturated carbocycles. The molecule has 0 spiro atoms. The second-order valence-corrected chi connectivity index (χ2v) is 8.54. The van der Waals surface area contributed by atoms with Crippen LogP contribution in [0.25, 0.3) is 10.9 Å². The highest BCUT2D eigenvalue weighted by atomic mass is 35.5. The maximum atomic E-state index is 13.6. The Kier molecular flexibility index (Phi) is 7.32. The van der Waals surface area contributed by atoms with Crippen molar-refractivity contribution in [2.24, 2.45) is 7.05 Å². The van der Waals surface area contributed by atoms with Crippen LogP contribution in [-0.2, 0) is 24.8 Å². The predicted octanol–water partition coefficient (Wildman–Crippen LogP) is 5.64. The molecule has 0 saturated heterocycles. The molecule has 0 aliphatic carbocycles. The first-order valence-corrected chi connectivity index (χ1v) is 11.8. The Morgan fingerprint density at radius 1 is 1.23 bits per heavy atom.